The molecule has 3 aliphatic rings. The van der Waals surface area contributed by atoms with Crippen LogP contribution in [0.3, 0.4) is 0 Å². The van der Waals surface area contributed by atoms with Crippen LogP contribution in [-0.4, -0.2) is 24.2 Å². The summed E-state index contributed by atoms with van der Waals surface area (Å²) in [5.74, 6) is 1.22. The number of rotatable bonds is 9. The van der Waals surface area contributed by atoms with Crippen molar-refractivity contribution in [1.29, 1.82) is 0 Å². The van der Waals surface area contributed by atoms with E-state index in [4.69, 9.17) is 4.74 Å². The van der Waals surface area contributed by atoms with Gasteiger partial charge >= 0.3 is 11.9 Å². The summed E-state index contributed by atoms with van der Waals surface area (Å²) in [6.07, 6.45) is 13.5. The third kappa shape index (κ3) is 4.79. The van der Waals surface area contributed by atoms with E-state index in [9.17, 15) is 14.7 Å². The Morgan fingerprint density at radius 2 is 1.89 bits per heavy atom. The number of methoxy groups -OCH3 is 1. The van der Waals surface area contributed by atoms with Gasteiger partial charge in [-0.1, -0.05) is 57.6 Å². The average Bonchev–Trinajstić information content (AvgIpc) is 3.08. The van der Waals surface area contributed by atoms with Gasteiger partial charge in [-0.2, -0.15) is 0 Å². The van der Waals surface area contributed by atoms with Crippen LogP contribution in [0.25, 0.3) is 0 Å². The number of carboxylic acids is 1. The van der Waals surface area contributed by atoms with Crippen molar-refractivity contribution in [3.8, 4) is 0 Å². The van der Waals surface area contributed by atoms with Gasteiger partial charge in [0.2, 0.25) is 0 Å². The maximum Gasteiger partial charge on any atom is 0.330 e. The molecule has 3 aliphatic carbocycles. The van der Waals surface area contributed by atoms with Crippen LogP contribution >= 0.6 is 0 Å². The van der Waals surface area contributed by atoms with Gasteiger partial charge in [-0.3, -0.25) is 4.79 Å². The van der Waals surface area contributed by atoms with Gasteiger partial charge in [0, 0.05) is 12.0 Å². The van der Waals surface area contributed by atoms with Gasteiger partial charge in [0.05, 0.1) is 7.11 Å². The van der Waals surface area contributed by atoms with E-state index in [0.29, 0.717) is 35.7 Å². The number of aliphatic carboxylic acids is 1. The monoisotopic (exact) mass is 484 g/mol. The molecular weight excluding hydrogens is 436 g/mol. The summed E-state index contributed by atoms with van der Waals surface area (Å²) in [6, 6.07) is 0. The molecule has 0 aromatic rings. The van der Waals surface area contributed by atoms with Gasteiger partial charge in [0.25, 0.3) is 0 Å². The molecule has 0 radical (unpaired) electrons. The fourth-order valence-electron chi connectivity index (χ4n) is 8.54. The Morgan fingerprint density at radius 3 is 2.49 bits per heavy atom. The minimum absolute atomic E-state index is 0.0455. The zero-order chi connectivity index (χ0) is 26.2. The number of fused-ring (bicyclic) bond motifs is 3. The highest BCUT2D eigenvalue weighted by molar-refractivity contribution is 5.85. The first-order chi connectivity index (χ1) is 16.3. The number of esters is 1. The summed E-state index contributed by atoms with van der Waals surface area (Å²) in [7, 11) is 1.48. The number of carbonyl (C=O) groups is 2. The Morgan fingerprint density at radius 1 is 1.20 bits per heavy atom. The quantitative estimate of drug-likeness (QED) is 0.206. The molecule has 0 aliphatic heterocycles. The molecule has 0 unspecified atom stereocenters. The van der Waals surface area contributed by atoms with Crippen molar-refractivity contribution in [3.05, 3.63) is 35.5 Å². The number of hydrogen-bond donors (Lipinski definition) is 1. The molecule has 1 N–H and O–H groups in total. The fourth-order valence-corrected chi connectivity index (χ4v) is 8.54. The molecule has 3 rings (SSSR count). The summed E-state index contributed by atoms with van der Waals surface area (Å²) in [6.45, 7) is 18.0. The first-order valence-electron chi connectivity index (χ1n) is 13.6. The summed E-state index contributed by atoms with van der Waals surface area (Å²) in [5, 5.41) is 9.17. The predicted octanol–water partition coefficient (Wildman–Crippen LogP) is 7.75. The van der Waals surface area contributed by atoms with E-state index in [-0.39, 0.29) is 22.2 Å². The zero-order valence-corrected chi connectivity index (χ0v) is 23.2. The summed E-state index contributed by atoms with van der Waals surface area (Å²) in [5.41, 5.74) is 3.70. The number of ether oxygens (including phenoxy) is 1. The molecule has 0 amide bonds. The molecule has 2 saturated carbocycles. The molecule has 2 fully saturated rings. The summed E-state index contributed by atoms with van der Waals surface area (Å²) >= 11 is 0. The lowest BCUT2D eigenvalue weighted by Crippen LogP contribution is -2.52. The first-order valence-corrected chi connectivity index (χ1v) is 13.6. The van der Waals surface area contributed by atoms with E-state index in [1.807, 2.05) is 6.08 Å². The SMILES string of the molecule is C=C(C)[C@H]1CC[C@H]2C(=CC[C@@]3(C)[C@H]([C@@H](C)CC/C=C(/C)C(=O)O)CC[C@]23C)[C@]1(C)CCC(=O)OC. The van der Waals surface area contributed by atoms with Gasteiger partial charge in [0.1, 0.15) is 0 Å². The molecule has 0 bridgehead atoms. The number of carbonyl (C=O) groups excluding carboxylic acids is 1. The maximum absolute atomic E-state index is 12.1. The van der Waals surface area contributed by atoms with E-state index in [1.54, 1.807) is 12.5 Å². The van der Waals surface area contributed by atoms with Gasteiger partial charge in [0.15, 0.2) is 0 Å². The van der Waals surface area contributed by atoms with Crippen LogP contribution in [-0.2, 0) is 14.3 Å². The van der Waals surface area contributed by atoms with E-state index in [0.717, 1.165) is 32.1 Å². The van der Waals surface area contributed by atoms with Gasteiger partial charge < -0.3 is 9.84 Å². The second-order valence-electron chi connectivity index (χ2n) is 12.6. The third-order valence-electron chi connectivity index (χ3n) is 10.9. The van der Waals surface area contributed by atoms with Crippen LogP contribution in [0.2, 0.25) is 0 Å². The second-order valence-corrected chi connectivity index (χ2v) is 12.6. The van der Waals surface area contributed by atoms with Crippen LogP contribution in [0.5, 0.6) is 0 Å². The molecular formula is C31H48O4. The molecule has 0 aromatic carbocycles. The highest BCUT2D eigenvalue weighted by atomic mass is 16.5. The van der Waals surface area contributed by atoms with Gasteiger partial charge in [-0.05, 0) is 105 Å². The van der Waals surface area contributed by atoms with Crippen molar-refractivity contribution in [2.75, 3.05) is 7.11 Å². The number of allylic oxidation sites excluding steroid dienone is 4. The fraction of sp³-hybridized carbons (Fsp3) is 0.742. The largest absolute Gasteiger partial charge is 0.478 e. The first kappa shape index (κ1) is 27.7. The molecule has 35 heavy (non-hydrogen) atoms. The van der Waals surface area contributed by atoms with Crippen molar-refractivity contribution in [2.24, 2.45) is 39.9 Å². The van der Waals surface area contributed by atoms with Crippen LogP contribution in [0.1, 0.15) is 99.3 Å². The van der Waals surface area contributed by atoms with Crippen molar-refractivity contribution in [1.82, 2.24) is 0 Å². The normalized spacial score (nSPS) is 37.6. The average molecular weight is 485 g/mol. The Kier molecular flexibility index (Phi) is 8.13. The number of carboxylic acid groups (broad SMARTS) is 1. The molecule has 196 valence electrons. The Labute approximate surface area is 213 Å². The number of hydrogen-bond acceptors (Lipinski definition) is 3. The maximum atomic E-state index is 12.1. The van der Waals surface area contributed by atoms with Crippen molar-refractivity contribution in [3.63, 3.8) is 0 Å². The van der Waals surface area contributed by atoms with E-state index < -0.39 is 5.97 Å². The van der Waals surface area contributed by atoms with E-state index in [2.05, 4.69) is 47.3 Å². The molecule has 4 heteroatoms. The van der Waals surface area contributed by atoms with Crippen molar-refractivity contribution < 1.29 is 19.4 Å². The molecule has 4 nitrogen and oxygen atoms in total. The lowest BCUT2D eigenvalue weighted by atomic mass is 9.44. The predicted molar refractivity (Wildman–Crippen MR) is 142 cm³/mol. The molecule has 0 heterocycles. The van der Waals surface area contributed by atoms with Crippen LogP contribution in [0.15, 0.2) is 35.5 Å². The van der Waals surface area contributed by atoms with Crippen molar-refractivity contribution >= 4 is 11.9 Å². The Hall–Kier alpha value is -1.84. The molecule has 0 saturated heterocycles. The topological polar surface area (TPSA) is 63.6 Å². The molecule has 7 atom stereocenters. The van der Waals surface area contributed by atoms with Crippen LogP contribution in [0, 0.1) is 39.9 Å². The van der Waals surface area contributed by atoms with E-state index in [1.165, 1.54) is 31.9 Å². The minimum atomic E-state index is -0.816. The standard InChI is InChI=1S/C31H48O4/c1-20(2)23-12-13-26-25(29(23,5)17-16-27(32)35-8)15-19-30(6)24(14-18-31(26,30)7)21(3)10-9-11-22(4)28(33)34/h11,15,21,23-24,26H,1,9-10,12-14,16-19H2,2-8H3,(H,33,34)/b22-11-/t21-,23+,24-,26-,29+,30-,31+/m0/s1. The highest BCUT2D eigenvalue weighted by Gasteiger charge is 2.63. The minimum Gasteiger partial charge on any atom is -0.478 e. The summed E-state index contributed by atoms with van der Waals surface area (Å²) in [4.78, 5) is 23.3. The smallest absolute Gasteiger partial charge is 0.330 e. The lowest BCUT2D eigenvalue weighted by Gasteiger charge is -2.60. The summed E-state index contributed by atoms with van der Waals surface area (Å²) < 4.78 is 5.01. The second kappa shape index (κ2) is 10.3. The zero-order valence-electron chi connectivity index (χ0n) is 23.2. The van der Waals surface area contributed by atoms with Crippen LogP contribution < -0.4 is 0 Å². The van der Waals surface area contributed by atoms with Crippen molar-refractivity contribution in [2.45, 2.75) is 99.3 Å². The molecule has 0 spiro atoms. The lowest BCUT2D eigenvalue weighted by molar-refractivity contribution is -0.141. The van der Waals surface area contributed by atoms with Gasteiger partial charge in [-0.15, -0.1) is 0 Å². The Balaban J connectivity index is 1.88. The van der Waals surface area contributed by atoms with Crippen LogP contribution in [0.4, 0.5) is 0 Å². The van der Waals surface area contributed by atoms with Gasteiger partial charge in [-0.25, -0.2) is 4.79 Å². The highest BCUT2D eigenvalue weighted by Crippen LogP contribution is 2.71. The molecule has 0 aromatic heterocycles. The Bertz CT molecular complexity index is 913. The third-order valence-corrected chi connectivity index (χ3v) is 10.9. The van der Waals surface area contributed by atoms with E-state index >= 15 is 0 Å².